The Balaban J connectivity index is 1.77. The van der Waals surface area contributed by atoms with Gasteiger partial charge >= 0.3 is 0 Å². The summed E-state index contributed by atoms with van der Waals surface area (Å²) >= 11 is 0. The van der Waals surface area contributed by atoms with Gasteiger partial charge in [0.25, 0.3) is 0 Å². The van der Waals surface area contributed by atoms with Gasteiger partial charge in [-0.2, -0.15) is 10.4 Å². The molecular weight excluding hydrogens is 378 g/mol. The summed E-state index contributed by atoms with van der Waals surface area (Å²) in [6.07, 6.45) is 6.07. The molecule has 30 heavy (non-hydrogen) atoms. The standard InChI is InChI=1S/C22H27N7O/c1-4-28(10-5-11-30)20-8-6-19(7-9-20)26-22-24-13-16(2)21(27-22)18-14-25-29(15-18)17(3)12-23/h6-9,13-15,17,30H,4-5,10-11H2,1-3H3,(H,24,26,27). The van der Waals surface area contributed by atoms with Crippen LogP contribution < -0.4 is 10.2 Å². The summed E-state index contributed by atoms with van der Waals surface area (Å²) in [5.41, 5.74) is 4.56. The molecule has 0 saturated heterocycles. The van der Waals surface area contributed by atoms with E-state index < -0.39 is 0 Å². The fourth-order valence-corrected chi connectivity index (χ4v) is 3.14. The van der Waals surface area contributed by atoms with Crippen molar-refractivity contribution in [2.75, 3.05) is 29.9 Å². The van der Waals surface area contributed by atoms with Gasteiger partial charge in [0.15, 0.2) is 0 Å². The maximum absolute atomic E-state index is 9.08. The van der Waals surface area contributed by atoms with E-state index in [2.05, 4.69) is 38.3 Å². The van der Waals surface area contributed by atoms with E-state index >= 15 is 0 Å². The third kappa shape index (κ3) is 4.93. The van der Waals surface area contributed by atoms with E-state index in [1.54, 1.807) is 24.0 Å². The first-order valence-electron chi connectivity index (χ1n) is 10.1. The summed E-state index contributed by atoms with van der Waals surface area (Å²) in [6.45, 7) is 7.74. The van der Waals surface area contributed by atoms with Crippen molar-refractivity contribution >= 4 is 17.3 Å². The molecule has 0 amide bonds. The van der Waals surface area contributed by atoms with Crippen molar-refractivity contribution < 1.29 is 5.11 Å². The number of nitrogens with one attached hydrogen (secondary N) is 1. The molecule has 0 bridgehead atoms. The lowest BCUT2D eigenvalue weighted by Gasteiger charge is -2.23. The number of nitrogens with zero attached hydrogens (tertiary/aromatic N) is 6. The molecular formula is C22H27N7O. The maximum atomic E-state index is 9.08. The lowest BCUT2D eigenvalue weighted by molar-refractivity contribution is 0.289. The monoisotopic (exact) mass is 405 g/mol. The molecule has 3 rings (SSSR count). The van der Waals surface area contributed by atoms with Crippen molar-refractivity contribution in [2.45, 2.75) is 33.2 Å². The van der Waals surface area contributed by atoms with E-state index in [-0.39, 0.29) is 12.6 Å². The first-order chi connectivity index (χ1) is 14.5. The number of aryl methyl sites for hydroxylation is 1. The smallest absolute Gasteiger partial charge is 0.227 e. The van der Waals surface area contributed by atoms with Crippen LogP contribution in [-0.4, -0.2) is 44.6 Å². The van der Waals surface area contributed by atoms with Crippen LogP contribution in [-0.2, 0) is 0 Å². The van der Waals surface area contributed by atoms with Gasteiger partial charge in [-0.25, -0.2) is 9.97 Å². The third-order valence-corrected chi connectivity index (χ3v) is 4.89. The highest BCUT2D eigenvalue weighted by molar-refractivity contribution is 5.65. The van der Waals surface area contributed by atoms with Crippen LogP contribution in [0.4, 0.5) is 17.3 Å². The molecule has 0 saturated carbocycles. The molecule has 0 aliphatic heterocycles. The molecule has 1 aromatic carbocycles. The fourth-order valence-electron chi connectivity index (χ4n) is 3.14. The number of aliphatic hydroxyl groups excluding tert-OH is 1. The molecule has 2 aromatic heterocycles. The number of nitriles is 1. The molecule has 3 aromatic rings. The largest absolute Gasteiger partial charge is 0.396 e. The van der Waals surface area contributed by atoms with E-state index in [0.717, 1.165) is 47.7 Å². The molecule has 1 unspecified atom stereocenters. The van der Waals surface area contributed by atoms with E-state index in [9.17, 15) is 0 Å². The quantitative estimate of drug-likeness (QED) is 0.560. The zero-order chi connectivity index (χ0) is 21.5. The molecule has 2 heterocycles. The van der Waals surface area contributed by atoms with Crippen molar-refractivity contribution in [1.29, 1.82) is 5.26 Å². The first-order valence-corrected chi connectivity index (χ1v) is 10.1. The number of anilines is 3. The highest BCUT2D eigenvalue weighted by atomic mass is 16.3. The van der Waals surface area contributed by atoms with Gasteiger partial charge in [-0.1, -0.05) is 0 Å². The van der Waals surface area contributed by atoms with E-state index in [1.807, 2.05) is 37.4 Å². The predicted octanol–water partition coefficient (Wildman–Crippen LogP) is 3.69. The molecule has 8 heteroatoms. The normalized spacial score (nSPS) is 11.7. The van der Waals surface area contributed by atoms with Gasteiger partial charge < -0.3 is 15.3 Å². The fraction of sp³-hybridized carbons (Fsp3) is 0.364. The van der Waals surface area contributed by atoms with Gasteiger partial charge in [0.05, 0.1) is 18.0 Å². The van der Waals surface area contributed by atoms with E-state index in [4.69, 9.17) is 10.4 Å². The van der Waals surface area contributed by atoms with Crippen molar-refractivity contribution in [3.05, 3.63) is 48.4 Å². The SMILES string of the molecule is CCN(CCCO)c1ccc(Nc2ncc(C)c(-c3cnn(C(C)C#N)c3)n2)cc1. The summed E-state index contributed by atoms with van der Waals surface area (Å²) in [7, 11) is 0. The average molecular weight is 406 g/mol. The Bertz CT molecular complexity index is 1010. The lowest BCUT2D eigenvalue weighted by atomic mass is 10.1. The van der Waals surface area contributed by atoms with Gasteiger partial charge in [-0.05, 0) is 57.0 Å². The molecule has 0 aliphatic rings. The zero-order valence-corrected chi connectivity index (χ0v) is 17.6. The highest BCUT2D eigenvalue weighted by Gasteiger charge is 2.12. The van der Waals surface area contributed by atoms with Gasteiger partial charge in [0.1, 0.15) is 6.04 Å². The van der Waals surface area contributed by atoms with Crippen LogP contribution >= 0.6 is 0 Å². The predicted molar refractivity (Wildman–Crippen MR) is 118 cm³/mol. The summed E-state index contributed by atoms with van der Waals surface area (Å²) in [6, 6.07) is 9.92. The Morgan fingerprint density at radius 2 is 2.03 bits per heavy atom. The van der Waals surface area contributed by atoms with Gasteiger partial charge in [-0.3, -0.25) is 4.68 Å². The zero-order valence-electron chi connectivity index (χ0n) is 17.6. The minimum atomic E-state index is -0.336. The molecule has 1 atom stereocenters. The topological polar surface area (TPSA) is 103 Å². The average Bonchev–Trinajstić information content (AvgIpc) is 3.26. The third-order valence-electron chi connectivity index (χ3n) is 4.89. The maximum Gasteiger partial charge on any atom is 0.227 e. The Morgan fingerprint density at radius 1 is 1.27 bits per heavy atom. The van der Waals surface area contributed by atoms with Crippen molar-refractivity contribution in [1.82, 2.24) is 19.7 Å². The number of rotatable bonds is 9. The van der Waals surface area contributed by atoms with Crippen molar-refractivity contribution in [3.8, 4) is 17.3 Å². The lowest BCUT2D eigenvalue weighted by Crippen LogP contribution is -2.24. The Morgan fingerprint density at radius 3 is 2.70 bits per heavy atom. The van der Waals surface area contributed by atoms with Crippen LogP contribution in [0.15, 0.2) is 42.9 Å². The van der Waals surface area contributed by atoms with Gasteiger partial charge in [-0.15, -0.1) is 0 Å². The van der Waals surface area contributed by atoms with Gasteiger partial charge in [0.2, 0.25) is 5.95 Å². The van der Waals surface area contributed by atoms with E-state index in [0.29, 0.717) is 5.95 Å². The molecule has 156 valence electrons. The van der Waals surface area contributed by atoms with E-state index in [1.165, 1.54) is 0 Å². The first kappa shape index (κ1) is 21.3. The molecule has 0 spiro atoms. The Kier molecular flexibility index (Phi) is 6.99. The van der Waals surface area contributed by atoms with Crippen LogP contribution in [0.5, 0.6) is 0 Å². The number of aliphatic hydroxyl groups is 1. The Hall–Kier alpha value is -3.44. The van der Waals surface area contributed by atoms with Crippen LogP contribution in [0.3, 0.4) is 0 Å². The second-order valence-electron chi connectivity index (χ2n) is 7.07. The molecule has 8 nitrogen and oxygen atoms in total. The van der Waals surface area contributed by atoms with Crippen molar-refractivity contribution in [3.63, 3.8) is 0 Å². The van der Waals surface area contributed by atoms with Crippen molar-refractivity contribution in [2.24, 2.45) is 0 Å². The summed E-state index contributed by atoms with van der Waals surface area (Å²) < 4.78 is 1.62. The summed E-state index contributed by atoms with van der Waals surface area (Å²) in [5.74, 6) is 0.497. The molecule has 0 fully saturated rings. The summed E-state index contributed by atoms with van der Waals surface area (Å²) in [5, 5.41) is 25.7. The highest BCUT2D eigenvalue weighted by Crippen LogP contribution is 2.24. The Labute approximate surface area is 176 Å². The van der Waals surface area contributed by atoms with Crippen LogP contribution in [0.2, 0.25) is 0 Å². The second-order valence-corrected chi connectivity index (χ2v) is 7.07. The van der Waals surface area contributed by atoms with Crippen LogP contribution in [0.1, 0.15) is 31.9 Å². The number of aromatic nitrogens is 4. The minimum absolute atomic E-state index is 0.192. The molecule has 0 aliphatic carbocycles. The minimum Gasteiger partial charge on any atom is -0.396 e. The summed E-state index contributed by atoms with van der Waals surface area (Å²) in [4.78, 5) is 11.3. The number of benzene rings is 1. The number of hydrogen-bond donors (Lipinski definition) is 2. The van der Waals surface area contributed by atoms with Gasteiger partial charge in [0, 0.05) is 49.0 Å². The molecule has 0 radical (unpaired) electrons. The number of hydrogen-bond acceptors (Lipinski definition) is 7. The van der Waals surface area contributed by atoms with Crippen LogP contribution in [0, 0.1) is 18.3 Å². The van der Waals surface area contributed by atoms with Crippen LogP contribution in [0.25, 0.3) is 11.3 Å². The molecule has 2 N–H and O–H groups in total. The second kappa shape index (κ2) is 9.85.